The number of nitrogens with one attached hydrogen (secondary N) is 1. The molecule has 0 saturated heterocycles. The molecular formula is C12H22N2O3. The Hall–Kier alpha value is -1.10. The molecule has 4 N–H and O–H groups in total. The summed E-state index contributed by atoms with van der Waals surface area (Å²) in [6.07, 6.45) is 5.66. The van der Waals surface area contributed by atoms with Gasteiger partial charge in [-0.25, -0.2) is 0 Å². The molecule has 5 heteroatoms. The highest BCUT2D eigenvalue weighted by Gasteiger charge is 2.24. The van der Waals surface area contributed by atoms with Gasteiger partial charge in [-0.2, -0.15) is 0 Å². The van der Waals surface area contributed by atoms with Crippen molar-refractivity contribution in [3.05, 3.63) is 0 Å². The molecule has 2 unspecified atom stereocenters. The zero-order valence-electron chi connectivity index (χ0n) is 10.3. The number of hydrogen-bond donors (Lipinski definition) is 3. The molecule has 0 spiro atoms. The standard InChI is InChI=1S/C12H22N2O3/c1-8(9-5-3-2-4-6-9)14-12(17)10(13)7-11(15)16/h8-10H,2-7,13H2,1H3,(H,14,17)(H,15,16). The van der Waals surface area contributed by atoms with Gasteiger partial charge in [-0.05, 0) is 25.7 Å². The predicted octanol–water partition coefficient (Wildman–Crippen LogP) is 0.873. The van der Waals surface area contributed by atoms with Crippen molar-refractivity contribution in [2.45, 2.75) is 57.5 Å². The van der Waals surface area contributed by atoms with E-state index in [0.29, 0.717) is 5.92 Å². The van der Waals surface area contributed by atoms with Gasteiger partial charge in [0.1, 0.15) is 0 Å². The Morgan fingerprint density at radius 1 is 1.35 bits per heavy atom. The van der Waals surface area contributed by atoms with Crippen LogP contribution in [0, 0.1) is 5.92 Å². The molecule has 1 fully saturated rings. The minimum absolute atomic E-state index is 0.0858. The van der Waals surface area contributed by atoms with E-state index in [1.807, 2.05) is 6.92 Å². The molecule has 2 atom stereocenters. The van der Waals surface area contributed by atoms with Crippen molar-refractivity contribution in [1.82, 2.24) is 5.32 Å². The zero-order valence-corrected chi connectivity index (χ0v) is 10.3. The minimum Gasteiger partial charge on any atom is -0.481 e. The van der Waals surface area contributed by atoms with Gasteiger partial charge in [0, 0.05) is 6.04 Å². The second kappa shape index (κ2) is 6.59. The molecule has 0 aromatic carbocycles. The summed E-state index contributed by atoms with van der Waals surface area (Å²) in [7, 11) is 0. The van der Waals surface area contributed by atoms with E-state index in [1.54, 1.807) is 0 Å². The molecule has 5 nitrogen and oxygen atoms in total. The van der Waals surface area contributed by atoms with E-state index in [1.165, 1.54) is 19.3 Å². The number of rotatable bonds is 5. The highest BCUT2D eigenvalue weighted by molar-refractivity contribution is 5.86. The lowest BCUT2D eigenvalue weighted by atomic mass is 9.84. The Balaban J connectivity index is 2.36. The molecule has 0 aliphatic heterocycles. The van der Waals surface area contributed by atoms with Crippen LogP contribution in [-0.2, 0) is 9.59 Å². The van der Waals surface area contributed by atoms with Crippen molar-refractivity contribution in [2.24, 2.45) is 11.7 Å². The summed E-state index contributed by atoms with van der Waals surface area (Å²) in [5.41, 5.74) is 5.50. The van der Waals surface area contributed by atoms with E-state index in [9.17, 15) is 9.59 Å². The number of carboxylic acids is 1. The summed E-state index contributed by atoms with van der Waals surface area (Å²) >= 11 is 0. The van der Waals surface area contributed by atoms with E-state index < -0.39 is 12.0 Å². The Morgan fingerprint density at radius 3 is 2.47 bits per heavy atom. The van der Waals surface area contributed by atoms with Crippen molar-refractivity contribution in [2.75, 3.05) is 0 Å². The van der Waals surface area contributed by atoms with Gasteiger partial charge in [0.15, 0.2) is 0 Å². The van der Waals surface area contributed by atoms with Gasteiger partial charge < -0.3 is 16.2 Å². The van der Waals surface area contributed by atoms with Crippen LogP contribution in [0.1, 0.15) is 45.4 Å². The van der Waals surface area contributed by atoms with E-state index in [-0.39, 0.29) is 18.4 Å². The smallest absolute Gasteiger partial charge is 0.305 e. The Morgan fingerprint density at radius 2 is 1.94 bits per heavy atom. The van der Waals surface area contributed by atoms with Crippen LogP contribution in [0.25, 0.3) is 0 Å². The van der Waals surface area contributed by atoms with Crippen molar-refractivity contribution in [1.29, 1.82) is 0 Å². The molecule has 0 aromatic heterocycles. The fourth-order valence-electron chi connectivity index (χ4n) is 2.36. The maximum atomic E-state index is 11.6. The lowest BCUT2D eigenvalue weighted by molar-refractivity contribution is -0.139. The summed E-state index contributed by atoms with van der Waals surface area (Å²) in [6, 6.07) is -0.860. The quantitative estimate of drug-likeness (QED) is 0.667. The summed E-state index contributed by atoms with van der Waals surface area (Å²) in [4.78, 5) is 22.1. The number of carboxylic acid groups (broad SMARTS) is 1. The third-order valence-electron chi connectivity index (χ3n) is 3.46. The largest absolute Gasteiger partial charge is 0.481 e. The van der Waals surface area contributed by atoms with Crippen LogP contribution in [0.5, 0.6) is 0 Å². The third kappa shape index (κ3) is 4.73. The van der Waals surface area contributed by atoms with E-state index in [2.05, 4.69) is 5.32 Å². The fraction of sp³-hybridized carbons (Fsp3) is 0.833. The molecular weight excluding hydrogens is 220 g/mol. The van der Waals surface area contributed by atoms with Gasteiger partial charge in [-0.1, -0.05) is 19.3 Å². The summed E-state index contributed by atoms with van der Waals surface area (Å²) in [5, 5.41) is 11.4. The van der Waals surface area contributed by atoms with Crippen LogP contribution in [0.2, 0.25) is 0 Å². The van der Waals surface area contributed by atoms with Gasteiger partial charge in [-0.3, -0.25) is 9.59 Å². The maximum Gasteiger partial charge on any atom is 0.305 e. The van der Waals surface area contributed by atoms with Gasteiger partial charge in [-0.15, -0.1) is 0 Å². The average molecular weight is 242 g/mol. The van der Waals surface area contributed by atoms with Gasteiger partial charge in [0.05, 0.1) is 12.5 Å². The predicted molar refractivity (Wildman–Crippen MR) is 64.4 cm³/mol. The molecule has 1 rings (SSSR count). The SMILES string of the molecule is CC(NC(=O)C(N)CC(=O)O)C1CCCCC1. The number of carbonyl (C=O) groups excluding carboxylic acids is 1. The highest BCUT2D eigenvalue weighted by Crippen LogP contribution is 2.26. The molecule has 1 aliphatic rings. The van der Waals surface area contributed by atoms with E-state index in [0.717, 1.165) is 12.8 Å². The van der Waals surface area contributed by atoms with Crippen LogP contribution in [0.15, 0.2) is 0 Å². The molecule has 0 aromatic rings. The van der Waals surface area contributed by atoms with E-state index >= 15 is 0 Å². The zero-order chi connectivity index (χ0) is 12.8. The van der Waals surface area contributed by atoms with Gasteiger partial charge in [0.25, 0.3) is 0 Å². The molecule has 17 heavy (non-hydrogen) atoms. The highest BCUT2D eigenvalue weighted by atomic mass is 16.4. The molecule has 0 heterocycles. The van der Waals surface area contributed by atoms with Crippen molar-refractivity contribution < 1.29 is 14.7 Å². The first kappa shape index (κ1) is 14.0. The average Bonchev–Trinajstić information content (AvgIpc) is 2.29. The van der Waals surface area contributed by atoms with E-state index in [4.69, 9.17) is 10.8 Å². The molecule has 1 aliphatic carbocycles. The summed E-state index contributed by atoms with van der Waals surface area (Å²) in [6.45, 7) is 1.97. The van der Waals surface area contributed by atoms with Crippen molar-refractivity contribution in [3.8, 4) is 0 Å². The van der Waals surface area contributed by atoms with Crippen LogP contribution < -0.4 is 11.1 Å². The molecule has 0 radical (unpaired) electrons. The Bertz CT molecular complexity index is 275. The molecule has 1 amide bonds. The number of nitrogens with two attached hydrogens (primary N) is 1. The minimum atomic E-state index is -1.04. The summed E-state index contributed by atoms with van der Waals surface area (Å²) < 4.78 is 0. The van der Waals surface area contributed by atoms with Gasteiger partial charge in [0.2, 0.25) is 5.91 Å². The normalized spacial score (nSPS) is 20.6. The fourth-order valence-corrected chi connectivity index (χ4v) is 2.36. The van der Waals surface area contributed by atoms with Crippen molar-refractivity contribution in [3.63, 3.8) is 0 Å². The topological polar surface area (TPSA) is 92.4 Å². The van der Waals surface area contributed by atoms with Crippen LogP contribution in [0.4, 0.5) is 0 Å². The number of hydrogen-bond acceptors (Lipinski definition) is 3. The Kier molecular flexibility index (Phi) is 5.41. The lowest BCUT2D eigenvalue weighted by Crippen LogP contribution is -2.47. The Labute approximate surface area is 102 Å². The van der Waals surface area contributed by atoms with Crippen LogP contribution >= 0.6 is 0 Å². The van der Waals surface area contributed by atoms with Gasteiger partial charge >= 0.3 is 5.97 Å². The van der Waals surface area contributed by atoms with Crippen LogP contribution in [0.3, 0.4) is 0 Å². The first-order valence-corrected chi connectivity index (χ1v) is 6.28. The maximum absolute atomic E-state index is 11.6. The molecule has 0 bridgehead atoms. The lowest BCUT2D eigenvalue weighted by Gasteiger charge is -2.28. The first-order valence-electron chi connectivity index (χ1n) is 6.28. The van der Waals surface area contributed by atoms with Crippen LogP contribution in [-0.4, -0.2) is 29.1 Å². The molecule has 1 saturated carbocycles. The monoisotopic (exact) mass is 242 g/mol. The number of carbonyl (C=O) groups is 2. The first-order chi connectivity index (χ1) is 8.00. The summed E-state index contributed by atoms with van der Waals surface area (Å²) in [5.74, 6) is -0.895. The second-order valence-corrected chi connectivity index (χ2v) is 4.90. The number of aliphatic carboxylic acids is 1. The number of amides is 1. The molecule has 98 valence electrons. The second-order valence-electron chi connectivity index (χ2n) is 4.90. The third-order valence-corrected chi connectivity index (χ3v) is 3.46. The van der Waals surface area contributed by atoms with Crippen molar-refractivity contribution >= 4 is 11.9 Å².